The lowest BCUT2D eigenvalue weighted by atomic mass is 10.1. The molecule has 0 amide bonds. The topological polar surface area (TPSA) is 43.1 Å². The summed E-state index contributed by atoms with van der Waals surface area (Å²) in [6, 6.07) is 0.377. The van der Waals surface area contributed by atoms with E-state index in [9.17, 15) is 4.79 Å². The van der Waals surface area contributed by atoms with Gasteiger partial charge >= 0.3 is 0 Å². The lowest BCUT2D eigenvalue weighted by Crippen LogP contribution is -2.17. The molecule has 0 heterocycles. The van der Waals surface area contributed by atoms with Crippen molar-refractivity contribution in [3.05, 3.63) is 0 Å². The summed E-state index contributed by atoms with van der Waals surface area (Å²) in [6.07, 6.45) is 9.24. The van der Waals surface area contributed by atoms with E-state index < -0.39 is 0 Å². The maximum Gasteiger partial charge on any atom is 0.198 e. The first-order valence-electron chi connectivity index (χ1n) is 4.91. The molecule has 0 aliphatic heterocycles. The molecule has 12 heavy (non-hydrogen) atoms. The van der Waals surface area contributed by atoms with E-state index in [1.807, 2.05) is 6.29 Å². The Morgan fingerprint density at radius 2 is 1.92 bits per heavy atom. The van der Waals surface area contributed by atoms with Crippen LogP contribution in [0.25, 0.3) is 0 Å². The van der Waals surface area contributed by atoms with Gasteiger partial charge in [-0.15, -0.1) is 0 Å². The van der Waals surface area contributed by atoms with Gasteiger partial charge in [0.1, 0.15) is 0 Å². The third-order valence-electron chi connectivity index (χ3n) is 2.13. The molecule has 2 N–H and O–H groups in total. The molecular weight excluding hydrogens is 150 g/mol. The summed E-state index contributed by atoms with van der Waals surface area (Å²) in [7, 11) is 0. The molecule has 0 aromatic rings. The van der Waals surface area contributed by atoms with Gasteiger partial charge < -0.3 is 5.73 Å². The Kier molecular flexibility index (Phi) is 8.46. The van der Waals surface area contributed by atoms with Crippen LogP contribution in [0.15, 0.2) is 0 Å². The van der Waals surface area contributed by atoms with E-state index in [-0.39, 0.29) is 0 Å². The smallest absolute Gasteiger partial charge is 0.198 e. The standard InChI is InChI=1S/C10H20NO/c1-2-10(11)8-6-4-3-5-7-9-12/h10H,2-8,11H2,1H3. The van der Waals surface area contributed by atoms with E-state index in [2.05, 4.69) is 6.92 Å². The lowest BCUT2D eigenvalue weighted by Gasteiger charge is -2.06. The van der Waals surface area contributed by atoms with Crippen LogP contribution in [0.2, 0.25) is 0 Å². The van der Waals surface area contributed by atoms with Gasteiger partial charge in [0.25, 0.3) is 0 Å². The summed E-state index contributed by atoms with van der Waals surface area (Å²) in [5.41, 5.74) is 5.75. The largest absolute Gasteiger partial charge is 0.328 e. The Morgan fingerprint density at radius 1 is 1.25 bits per heavy atom. The van der Waals surface area contributed by atoms with E-state index in [1.165, 1.54) is 12.8 Å². The Morgan fingerprint density at radius 3 is 2.50 bits per heavy atom. The molecule has 2 heteroatoms. The van der Waals surface area contributed by atoms with Crippen LogP contribution in [0.5, 0.6) is 0 Å². The van der Waals surface area contributed by atoms with E-state index in [0.29, 0.717) is 12.5 Å². The van der Waals surface area contributed by atoms with E-state index >= 15 is 0 Å². The van der Waals surface area contributed by atoms with Crippen molar-refractivity contribution < 1.29 is 4.79 Å². The van der Waals surface area contributed by atoms with Crippen LogP contribution < -0.4 is 5.73 Å². The monoisotopic (exact) mass is 170 g/mol. The maximum absolute atomic E-state index is 9.85. The average molecular weight is 170 g/mol. The molecule has 1 unspecified atom stereocenters. The highest BCUT2D eigenvalue weighted by atomic mass is 16.1. The zero-order valence-electron chi connectivity index (χ0n) is 8.01. The minimum Gasteiger partial charge on any atom is -0.328 e. The summed E-state index contributed by atoms with van der Waals surface area (Å²) in [5, 5.41) is 0. The van der Waals surface area contributed by atoms with Crippen molar-refractivity contribution in [2.45, 2.75) is 57.9 Å². The molecule has 0 bridgehead atoms. The molecule has 0 aromatic heterocycles. The van der Waals surface area contributed by atoms with E-state index in [4.69, 9.17) is 5.73 Å². The third-order valence-corrected chi connectivity index (χ3v) is 2.13. The normalized spacial score (nSPS) is 12.8. The number of hydrogen-bond acceptors (Lipinski definition) is 2. The number of hydrogen-bond donors (Lipinski definition) is 1. The van der Waals surface area contributed by atoms with Gasteiger partial charge in [0.2, 0.25) is 0 Å². The molecule has 2 nitrogen and oxygen atoms in total. The summed E-state index contributed by atoms with van der Waals surface area (Å²) in [4.78, 5) is 9.85. The predicted octanol–water partition coefficient (Wildman–Crippen LogP) is 2.17. The van der Waals surface area contributed by atoms with Crippen LogP contribution in [0, 0.1) is 0 Å². The fourth-order valence-electron chi connectivity index (χ4n) is 1.16. The molecule has 1 radical (unpaired) electrons. The van der Waals surface area contributed by atoms with Gasteiger partial charge in [0.05, 0.1) is 0 Å². The second-order valence-corrected chi connectivity index (χ2v) is 3.27. The van der Waals surface area contributed by atoms with Crippen molar-refractivity contribution in [2.24, 2.45) is 5.73 Å². The van der Waals surface area contributed by atoms with Gasteiger partial charge in [-0.1, -0.05) is 26.2 Å². The zero-order valence-corrected chi connectivity index (χ0v) is 8.01. The Labute approximate surface area is 75.5 Å². The summed E-state index contributed by atoms with van der Waals surface area (Å²) >= 11 is 0. The van der Waals surface area contributed by atoms with Crippen molar-refractivity contribution in [2.75, 3.05) is 0 Å². The zero-order chi connectivity index (χ0) is 9.23. The van der Waals surface area contributed by atoms with Gasteiger partial charge in [-0.25, -0.2) is 0 Å². The van der Waals surface area contributed by atoms with E-state index in [1.54, 1.807) is 0 Å². The van der Waals surface area contributed by atoms with E-state index in [0.717, 1.165) is 25.7 Å². The molecule has 0 aromatic carbocycles. The van der Waals surface area contributed by atoms with Crippen molar-refractivity contribution in [1.82, 2.24) is 0 Å². The number of nitrogens with two attached hydrogens (primary N) is 1. The van der Waals surface area contributed by atoms with Crippen LogP contribution in [-0.2, 0) is 4.79 Å². The minimum atomic E-state index is 0.377. The van der Waals surface area contributed by atoms with Gasteiger partial charge in [-0.3, -0.25) is 4.79 Å². The average Bonchev–Trinajstić information content (AvgIpc) is 2.10. The highest BCUT2D eigenvalue weighted by Gasteiger charge is 1.97. The SMILES string of the molecule is CCC(N)CCCCCC[C]=O. The maximum atomic E-state index is 9.85. The molecular formula is C10H20NO. The highest BCUT2D eigenvalue weighted by Crippen LogP contribution is 2.06. The number of carbonyl (C=O) groups excluding carboxylic acids is 1. The first-order chi connectivity index (χ1) is 5.81. The van der Waals surface area contributed by atoms with Gasteiger partial charge in [-0.2, -0.15) is 0 Å². The predicted molar refractivity (Wildman–Crippen MR) is 51.7 cm³/mol. The van der Waals surface area contributed by atoms with Crippen LogP contribution in [0.1, 0.15) is 51.9 Å². The molecule has 0 aliphatic carbocycles. The second kappa shape index (κ2) is 8.72. The summed E-state index contributed by atoms with van der Waals surface area (Å²) < 4.78 is 0. The summed E-state index contributed by atoms with van der Waals surface area (Å²) in [6.45, 7) is 2.12. The van der Waals surface area contributed by atoms with Crippen molar-refractivity contribution in [1.29, 1.82) is 0 Å². The minimum absolute atomic E-state index is 0.377. The third kappa shape index (κ3) is 7.73. The molecule has 0 rings (SSSR count). The number of unbranched alkanes of at least 4 members (excludes halogenated alkanes) is 4. The fourth-order valence-corrected chi connectivity index (χ4v) is 1.16. The number of rotatable bonds is 8. The summed E-state index contributed by atoms with van der Waals surface area (Å²) in [5.74, 6) is 0. The molecule has 1 atom stereocenters. The van der Waals surface area contributed by atoms with Crippen molar-refractivity contribution >= 4 is 6.29 Å². The van der Waals surface area contributed by atoms with Crippen LogP contribution in [0.3, 0.4) is 0 Å². The fraction of sp³-hybridized carbons (Fsp3) is 0.900. The molecule has 0 saturated carbocycles. The van der Waals surface area contributed by atoms with Crippen LogP contribution in [0.4, 0.5) is 0 Å². The Bertz CT molecular complexity index is 104. The first kappa shape index (κ1) is 11.6. The Balaban J connectivity index is 2.95. The molecule has 71 valence electrons. The second-order valence-electron chi connectivity index (χ2n) is 3.27. The molecule has 0 fully saturated rings. The molecule has 0 saturated heterocycles. The lowest BCUT2D eigenvalue weighted by molar-refractivity contribution is 0.524. The first-order valence-corrected chi connectivity index (χ1v) is 4.91. The molecule has 0 spiro atoms. The quantitative estimate of drug-likeness (QED) is 0.567. The van der Waals surface area contributed by atoms with Crippen molar-refractivity contribution in [3.63, 3.8) is 0 Å². The van der Waals surface area contributed by atoms with Gasteiger partial charge in [0.15, 0.2) is 6.29 Å². The van der Waals surface area contributed by atoms with Gasteiger partial charge in [0, 0.05) is 12.5 Å². The van der Waals surface area contributed by atoms with Crippen LogP contribution in [-0.4, -0.2) is 12.3 Å². The Hall–Kier alpha value is -0.370. The highest BCUT2D eigenvalue weighted by molar-refractivity contribution is 5.50. The van der Waals surface area contributed by atoms with Gasteiger partial charge in [-0.05, 0) is 19.3 Å². The molecule has 0 aliphatic rings. The van der Waals surface area contributed by atoms with Crippen LogP contribution >= 0.6 is 0 Å². The van der Waals surface area contributed by atoms with Crippen molar-refractivity contribution in [3.8, 4) is 0 Å².